The van der Waals surface area contributed by atoms with Crippen molar-refractivity contribution in [3.8, 4) is 0 Å². The minimum absolute atomic E-state index is 0.120. The van der Waals surface area contributed by atoms with E-state index in [1.54, 1.807) is 6.20 Å². The Labute approximate surface area is 106 Å². The fourth-order valence-electron chi connectivity index (χ4n) is 1.82. The Hall–Kier alpha value is -1.42. The lowest BCUT2D eigenvalue weighted by molar-refractivity contribution is 0.635. The molecule has 3 nitrogen and oxygen atoms in total. The Morgan fingerprint density at radius 1 is 1.29 bits per heavy atom. The molecule has 1 heterocycles. The van der Waals surface area contributed by atoms with Crippen molar-refractivity contribution in [2.45, 2.75) is 13.0 Å². The minimum atomic E-state index is -0.120. The molecule has 1 aromatic carbocycles. The third-order valence-corrected chi connectivity index (χ3v) is 2.98. The highest BCUT2D eigenvalue weighted by molar-refractivity contribution is 6.31. The van der Waals surface area contributed by atoms with Crippen LogP contribution < -0.4 is 11.3 Å². The lowest BCUT2D eigenvalue weighted by Gasteiger charge is -2.18. The Balaban J connectivity index is 2.44. The minimum Gasteiger partial charge on any atom is -0.271 e. The van der Waals surface area contributed by atoms with E-state index in [1.165, 1.54) is 0 Å². The zero-order valence-electron chi connectivity index (χ0n) is 9.52. The molecule has 1 aromatic heterocycles. The molecule has 0 saturated heterocycles. The van der Waals surface area contributed by atoms with Crippen LogP contribution >= 0.6 is 11.6 Å². The maximum Gasteiger partial charge on any atom is 0.0725 e. The Morgan fingerprint density at radius 3 is 2.71 bits per heavy atom. The normalized spacial score (nSPS) is 12.4. The Bertz CT molecular complexity index is 514. The van der Waals surface area contributed by atoms with Crippen LogP contribution in [0.3, 0.4) is 0 Å². The lowest BCUT2D eigenvalue weighted by Crippen LogP contribution is -2.29. The van der Waals surface area contributed by atoms with Gasteiger partial charge in [0.25, 0.3) is 0 Å². The molecule has 1 atom stereocenters. The molecule has 2 rings (SSSR count). The predicted molar refractivity (Wildman–Crippen MR) is 69.6 cm³/mol. The van der Waals surface area contributed by atoms with Crippen LogP contribution in [0.2, 0.25) is 5.02 Å². The molecule has 0 aliphatic carbocycles. The summed E-state index contributed by atoms with van der Waals surface area (Å²) in [4.78, 5) is 4.17. The second-order valence-corrected chi connectivity index (χ2v) is 4.26. The quantitative estimate of drug-likeness (QED) is 0.648. The standard InChI is InChI=1S/C13H14ClN3/c1-9-8-10(6-7-16-9)13(17-15)11-4-2-3-5-12(11)14/h2-8,13,17H,15H2,1H3. The van der Waals surface area contributed by atoms with E-state index in [0.29, 0.717) is 5.02 Å². The van der Waals surface area contributed by atoms with Crippen molar-refractivity contribution in [3.05, 3.63) is 64.4 Å². The SMILES string of the molecule is Cc1cc(C(NN)c2ccccc2Cl)ccn1. The maximum atomic E-state index is 6.18. The molecule has 0 fully saturated rings. The van der Waals surface area contributed by atoms with E-state index in [1.807, 2.05) is 43.3 Å². The summed E-state index contributed by atoms with van der Waals surface area (Å²) in [6.07, 6.45) is 1.77. The average Bonchev–Trinajstić information content (AvgIpc) is 2.33. The molecule has 88 valence electrons. The van der Waals surface area contributed by atoms with Crippen LogP contribution in [0.4, 0.5) is 0 Å². The van der Waals surface area contributed by atoms with Crippen LogP contribution in [-0.2, 0) is 0 Å². The summed E-state index contributed by atoms with van der Waals surface area (Å²) in [6, 6.07) is 11.5. The summed E-state index contributed by atoms with van der Waals surface area (Å²) in [5.41, 5.74) is 5.75. The predicted octanol–water partition coefficient (Wildman–Crippen LogP) is 2.60. The first-order valence-corrected chi connectivity index (χ1v) is 5.73. The Morgan fingerprint density at radius 2 is 2.06 bits per heavy atom. The number of rotatable bonds is 3. The van der Waals surface area contributed by atoms with E-state index in [-0.39, 0.29) is 6.04 Å². The molecule has 0 saturated carbocycles. The summed E-state index contributed by atoms with van der Waals surface area (Å²) >= 11 is 6.18. The van der Waals surface area contributed by atoms with Crippen molar-refractivity contribution in [3.63, 3.8) is 0 Å². The van der Waals surface area contributed by atoms with Crippen LogP contribution in [-0.4, -0.2) is 4.98 Å². The number of hydrazine groups is 1. The molecule has 4 heteroatoms. The highest BCUT2D eigenvalue weighted by Crippen LogP contribution is 2.27. The van der Waals surface area contributed by atoms with Gasteiger partial charge in [0, 0.05) is 16.9 Å². The molecule has 2 aromatic rings. The fourth-order valence-corrected chi connectivity index (χ4v) is 2.07. The van der Waals surface area contributed by atoms with Crippen molar-refractivity contribution >= 4 is 11.6 Å². The van der Waals surface area contributed by atoms with Crippen molar-refractivity contribution in [1.29, 1.82) is 0 Å². The molecule has 0 aliphatic heterocycles. The smallest absolute Gasteiger partial charge is 0.0725 e. The first-order valence-electron chi connectivity index (χ1n) is 5.35. The van der Waals surface area contributed by atoms with E-state index in [2.05, 4.69) is 10.4 Å². The molecule has 0 aliphatic rings. The van der Waals surface area contributed by atoms with Gasteiger partial charge in [0.2, 0.25) is 0 Å². The number of hydrogen-bond donors (Lipinski definition) is 2. The van der Waals surface area contributed by atoms with E-state index >= 15 is 0 Å². The summed E-state index contributed by atoms with van der Waals surface area (Å²) in [7, 11) is 0. The van der Waals surface area contributed by atoms with Crippen LogP contribution in [0.1, 0.15) is 22.9 Å². The van der Waals surface area contributed by atoms with Crippen molar-refractivity contribution < 1.29 is 0 Å². The Kier molecular flexibility index (Phi) is 3.74. The van der Waals surface area contributed by atoms with E-state index in [4.69, 9.17) is 17.4 Å². The van der Waals surface area contributed by atoms with Crippen molar-refractivity contribution in [2.24, 2.45) is 5.84 Å². The molecule has 0 bridgehead atoms. The summed E-state index contributed by atoms with van der Waals surface area (Å²) in [6.45, 7) is 1.95. The van der Waals surface area contributed by atoms with Crippen molar-refractivity contribution in [2.75, 3.05) is 0 Å². The van der Waals surface area contributed by atoms with E-state index in [9.17, 15) is 0 Å². The van der Waals surface area contributed by atoms with Gasteiger partial charge in [-0.3, -0.25) is 10.8 Å². The second-order valence-electron chi connectivity index (χ2n) is 3.85. The number of pyridine rings is 1. The lowest BCUT2D eigenvalue weighted by atomic mass is 9.99. The number of halogens is 1. The number of nitrogens with zero attached hydrogens (tertiary/aromatic N) is 1. The van der Waals surface area contributed by atoms with Gasteiger partial charge in [-0.15, -0.1) is 0 Å². The topological polar surface area (TPSA) is 50.9 Å². The number of aryl methyl sites for hydroxylation is 1. The van der Waals surface area contributed by atoms with Crippen LogP contribution in [0.5, 0.6) is 0 Å². The molecule has 1 unspecified atom stereocenters. The monoisotopic (exact) mass is 247 g/mol. The third-order valence-electron chi connectivity index (χ3n) is 2.64. The molecule has 17 heavy (non-hydrogen) atoms. The first kappa shape index (κ1) is 12.0. The number of nitrogens with two attached hydrogens (primary N) is 1. The van der Waals surface area contributed by atoms with Gasteiger partial charge in [0.15, 0.2) is 0 Å². The number of hydrogen-bond acceptors (Lipinski definition) is 3. The van der Waals surface area contributed by atoms with Gasteiger partial charge < -0.3 is 0 Å². The van der Waals surface area contributed by atoms with Crippen molar-refractivity contribution in [1.82, 2.24) is 10.4 Å². The summed E-state index contributed by atoms with van der Waals surface area (Å²) in [5, 5.41) is 0.699. The van der Waals surface area contributed by atoms with E-state index in [0.717, 1.165) is 16.8 Å². The molecular weight excluding hydrogens is 234 g/mol. The molecular formula is C13H14ClN3. The zero-order valence-corrected chi connectivity index (χ0v) is 10.3. The average molecular weight is 248 g/mol. The second kappa shape index (κ2) is 5.27. The number of aromatic nitrogens is 1. The van der Waals surface area contributed by atoms with Gasteiger partial charge in [-0.2, -0.15) is 0 Å². The van der Waals surface area contributed by atoms with Gasteiger partial charge in [-0.25, -0.2) is 5.43 Å². The summed E-state index contributed by atoms with van der Waals surface area (Å²) in [5.74, 6) is 5.63. The van der Waals surface area contributed by atoms with Gasteiger partial charge in [-0.1, -0.05) is 29.8 Å². The molecule has 0 spiro atoms. The zero-order chi connectivity index (χ0) is 12.3. The largest absolute Gasteiger partial charge is 0.271 e. The highest BCUT2D eigenvalue weighted by Gasteiger charge is 2.15. The maximum absolute atomic E-state index is 6.18. The molecule has 3 N–H and O–H groups in total. The van der Waals surface area contributed by atoms with Gasteiger partial charge in [0.1, 0.15) is 0 Å². The van der Waals surface area contributed by atoms with Crippen LogP contribution in [0, 0.1) is 6.92 Å². The van der Waals surface area contributed by atoms with Gasteiger partial charge in [-0.05, 0) is 36.2 Å². The molecule has 0 amide bonds. The molecule has 0 radical (unpaired) electrons. The van der Waals surface area contributed by atoms with Gasteiger partial charge in [0.05, 0.1) is 6.04 Å². The van der Waals surface area contributed by atoms with Crippen LogP contribution in [0.25, 0.3) is 0 Å². The fraction of sp³-hybridized carbons (Fsp3) is 0.154. The van der Waals surface area contributed by atoms with Gasteiger partial charge >= 0.3 is 0 Å². The first-order chi connectivity index (χ1) is 8.22. The number of benzene rings is 1. The van der Waals surface area contributed by atoms with E-state index < -0.39 is 0 Å². The summed E-state index contributed by atoms with van der Waals surface area (Å²) < 4.78 is 0. The number of nitrogens with one attached hydrogen (secondary N) is 1. The highest BCUT2D eigenvalue weighted by atomic mass is 35.5. The van der Waals surface area contributed by atoms with Crippen LogP contribution in [0.15, 0.2) is 42.6 Å². The third kappa shape index (κ3) is 2.64.